The molecule has 1 aliphatic carbocycles. The van der Waals surface area contributed by atoms with Crippen molar-refractivity contribution < 1.29 is 0 Å². The van der Waals surface area contributed by atoms with E-state index in [1.54, 1.807) is 0 Å². The summed E-state index contributed by atoms with van der Waals surface area (Å²) in [6.07, 6.45) is 14.6. The Labute approximate surface area is 142 Å². The Morgan fingerprint density at radius 2 is 1.74 bits per heavy atom. The maximum atomic E-state index is 4.04. The number of nitrogens with one attached hydrogen (secondary N) is 2. The van der Waals surface area contributed by atoms with Crippen molar-refractivity contribution >= 4 is 0 Å². The number of hydrogen-bond acceptors (Lipinski definition) is 3. The van der Waals surface area contributed by atoms with Crippen molar-refractivity contribution in [1.29, 1.82) is 0 Å². The van der Waals surface area contributed by atoms with Crippen LogP contribution in [0.2, 0.25) is 0 Å². The van der Waals surface area contributed by atoms with E-state index in [1.807, 2.05) is 0 Å². The predicted molar refractivity (Wildman–Crippen MR) is 94.5 cm³/mol. The van der Waals surface area contributed by atoms with Gasteiger partial charge in [0.05, 0.1) is 0 Å². The predicted octanol–water partition coefficient (Wildman–Crippen LogP) is 2.76. The highest BCUT2D eigenvalue weighted by Crippen LogP contribution is 2.55. The highest BCUT2D eigenvalue weighted by molar-refractivity contribution is 5.14. The van der Waals surface area contributed by atoms with E-state index in [2.05, 4.69) is 15.5 Å². The molecule has 3 nitrogen and oxygen atoms in total. The average Bonchev–Trinajstić information content (AvgIpc) is 2.63. The Morgan fingerprint density at radius 1 is 0.826 bits per heavy atom. The Bertz CT molecular complexity index is 431. The second-order valence-electron chi connectivity index (χ2n) is 9.30. The maximum absolute atomic E-state index is 4.04. The van der Waals surface area contributed by atoms with Crippen LogP contribution in [0.4, 0.5) is 0 Å². The van der Waals surface area contributed by atoms with E-state index in [0.29, 0.717) is 5.41 Å². The fourth-order valence-corrected chi connectivity index (χ4v) is 7.36. The second-order valence-corrected chi connectivity index (χ2v) is 9.30. The van der Waals surface area contributed by atoms with E-state index in [-0.39, 0.29) is 0 Å². The second kappa shape index (κ2) is 6.00. The fraction of sp³-hybridized carbons (Fsp3) is 1.00. The van der Waals surface area contributed by atoms with Crippen LogP contribution >= 0.6 is 0 Å². The van der Waals surface area contributed by atoms with E-state index >= 15 is 0 Å². The quantitative estimate of drug-likeness (QED) is 0.779. The summed E-state index contributed by atoms with van der Waals surface area (Å²) in [5, 5.41) is 8.04. The van der Waals surface area contributed by atoms with E-state index in [9.17, 15) is 0 Å². The molecule has 4 heterocycles. The summed E-state index contributed by atoms with van der Waals surface area (Å²) >= 11 is 0. The third-order valence-electron chi connectivity index (χ3n) is 8.16. The van der Waals surface area contributed by atoms with E-state index in [1.165, 1.54) is 90.4 Å². The third-order valence-corrected chi connectivity index (χ3v) is 8.16. The average molecular weight is 318 g/mol. The van der Waals surface area contributed by atoms with Crippen LogP contribution in [0, 0.1) is 17.3 Å². The molecule has 6 atom stereocenters. The van der Waals surface area contributed by atoms with Gasteiger partial charge in [0, 0.05) is 30.1 Å². The molecule has 5 aliphatic rings. The topological polar surface area (TPSA) is 27.3 Å². The number of rotatable bonds is 1. The number of fused-ring (bicyclic) bond motifs is 6. The van der Waals surface area contributed by atoms with Gasteiger partial charge in [-0.15, -0.1) is 0 Å². The molecule has 4 aliphatic heterocycles. The summed E-state index contributed by atoms with van der Waals surface area (Å²) in [5.41, 5.74) is 0.530. The van der Waals surface area contributed by atoms with Gasteiger partial charge >= 0.3 is 0 Å². The van der Waals surface area contributed by atoms with Crippen LogP contribution in [0.25, 0.3) is 0 Å². The molecule has 23 heavy (non-hydrogen) atoms. The lowest BCUT2D eigenvalue weighted by molar-refractivity contribution is -0.117. The smallest absolute Gasteiger partial charge is 0.0179 e. The normalized spacial score (nSPS) is 50.9. The third kappa shape index (κ3) is 2.41. The minimum Gasteiger partial charge on any atom is -0.313 e. The molecule has 0 aromatic heterocycles. The van der Waals surface area contributed by atoms with Gasteiger partial charge in [0.15, 0.2) is 0 Å². The van der Waals surface area contributed by atoms with Crippen LogP contribution in [0.5, 0.6) is 0 Å². The molecule has 1 saturated carbocycles. The monoisotopic (exact) mass is 317 g/mol. The Balaban J connectivity index is 1.50. The summed E-state index contributed by atoms with van der Waals surface area (Å²) in [6.45, 7) is 5.30. The largest absolute Gasteiger partial charge is 0.313 e. The van der Waals surface area contributed by atoms with E-state index < -0.39 is 0 Å². The summed E-state index contributed by atoms with van der Waals surface area (Å²) < 4.78 is 0. The minimum absolute atomic E-state index is 0.530. The maximum Gasteiger partial charge on any atom is 0.0179 e. The molecule has 0 spiro atoms. The van der Waals surface area contributed by atoms with Crippen molar-refractivity contribution in [2.75, 3.05) is 26.2 Å². The highest BCUT2D eigenvalue weighted by atomic mass is 15.2. The van der Waals surface area contributed by atoms with Crippen molar-refractivity contribution in [3.05, 3.63) is 0 Å². The van der Waals surface area contributed by atoms with Gasteiger partial charge in [0.2, 0.25) is 0 Å². The molecule has 130 valence electrons. The molecule has 0 aromatic rings. The molecule has 2 N–H and O–H groups in total. The van der Waals surface area contributed by atoms with Crippen molar-refractivity contribution in [2.24, 2.45) is 17.3 Å². The van der Waals surface area contributed by atoms with Gasteiger partial charge in [-0.2, -0.15) is 0 Å². The summed E-state index contributed by atoms with van der Waals surface area (Å²) in [7, 11) is 0. The van der Waals surface area contributed by atoms with Crippen molar-refractivity contribution in [3.8, 4) is 0 Å². The van der Waals surface area contributed by atoms with Crippen molar-refractivity contribution in [1.82, 2.24) is 15.5 Å². The van der Waals surface area contributed by atoms with Crippen LogP contribution < -0.4 is 10.6 Å². The van der Waals surface area contributed by atoms with Crippen molar-refractivity contribution in [2.45, 2.75) is 82.3 Å². The fourth-order valence-electron chi connectivity index (χ4n) is 7.36. The Kier molecular flexibility index (Phi) is 3.95. The van der Waals surface area contributed by atoms with E-state index in [0.717, 1.165) is 30.0 Å². The zero-order valence-electron chi connectivity index (χ0n) is 14.7. The highest BCUT2D eigenvalue weighted by Gasteiger charge is 2.58. The minimum atomic E-state index is 0.530. The molecule has 3 heteroatoms. The Morgan fingerprint density at radius 3 is 2.65 bits per heavy atom. The first-order chi connectivity index (χ1) is 11.4. The SMILES string of the molecule is C1CC[C@H]([C@]23CC(C[C@@H]4CCCN[C@H]42)[C@H]2CCCCN2C3)NC1. The standard InChI is InChI=1S/C20H35N3/c1-3-9-21-18(8-1)20-13-16(12-15-6-5-10-22-19(15)20)17-7-2-4-11-23(17)14-20/h15-19,21-22H,1-14H2/t15-,16?,17+,18+,19+,20+/m0/s1. The summed E-state index contributed by atoms with van der Waals surface area (Å²) in [4.78, 5) is 2.94. The van der Waals surface area contributed by atoms with Crippen LogP contribution in [0.15, 0.2) is 0 Å². The van der Waals surface area contributed by atoms with Crippen LogP contribution in [0.3, 0.4) is 0 Å². The first kappa shape index (κ1) is 15.2. The molecular weight excluding hydrogens is 282 g/mol. The summed E-state index contributed by atoms with van der Waals surface area (Å²) in [6, 6.07) is 2.51. The van der Waals surface area contributed by atoms with Crippen molar-refractivity contribution in [3.63, 3.8) is 0 Å². The number of nitrogens with zero attached hydrogens (tertiary/aromatic N) is 1. The molecule has 4 saturated heterocycles. The van der Waals surface area contributed by atoms with Gasteiger partial charge in [-0.3, -0.25) is 4.90 Å². The first-order valence-corrected chi connectivity index (χ1v) is 10.6. The van der Waals surface area contributed by atoms with E-state index in [4.69, 9.17) is 0 Å². The molecule has 5 rings (SSSR count). The molecule has 0 amide bonds. The molecule has 1 unspecified atom stereocenters. The lowest BCUT2D eigenvalue weighted by Crippen LogP contribution is -2.72. The molecule has 2 bridgehead atoms. The molecule has 0 radical (unpaired) electrons. The van der Waals surface area contributed by atoms with Gasteiger partial charge in [-0.25, -0.2) is 0 Å². The van der Waals surface area contributed by atoms with Gasteiger partial charge in [-0.1, -0.05) is 12.8 Å². The van der Waals surface area contributed by atoms with Gasteiger partial charge in [0.1, 0.15) is 0 Å². The van der Waals surface area contributed by atoms with Crippen LogP contribution in [-0.4, -0.2) is 49.2 Å². The zero-order valence-corrected chi connectivity index (χ0v) is 14.7. The van der Waals surface area contributed by atoms with Gasteiger partial charge < -0.3 is 10.6 Å². The lowest BCUT2D eigenvalue weighted by Gasteiger charge is -2.64. The molecule has 5 fully saturated rings. The van der Waals surface area contributed by atoms with Crippen LogP contribution in [-0.2, 0) is 0 Å². The number of hydrogen-bond donors (Lipinski definition) is 2. The van der Waals surface area contributed by atoms with Gasteiger partial charge in [-0.05, 0) is 82.8 Å². The lowest BCUT2D eigenvalue weighted by atomic mass is 9.52. The first-order valence-electron chi connectivity index (χ1n) is 10.6. The zero-order chi connectivity index (χ0) is 15.3. The Hall–Kier alpha value is -0.120. The molecule has 0 aromatic carbocycles. The van der Waals surface area contributed by atoms with Gasteiger partial charge in [0.25, 0.3) is 0 Å². The molecular formula is C20H35N3. The summed E-state index contributed by atoms with van der Waals surface area (Å²) in [5.74, 6) is 1.96. The van der Waals surface area contributed by atoms with Crippen LogP contribution in [0.1, 0.15) is 64.2 Å². The number of piperidine rings is 4.